The summed E-state index contributed by atoms with van der Waals surface area (Å²) in [5, 5.41) is 24.1. The van der Waals surface area contributed by atoms with Crippen molar-refractivity contribution in [3.63, 3.8) is 0 Å². The third-order valence-electron chi connectivity index (χ3n) is 4.80. The number of nitrogens with zero attached hydrogens (tertiary/aromatic N) is 5. The molecule has 0 bridgehead atoms. The number of aromatic nitrogens is 5. The highest BCUT2D eigenvalue weighted by Gasteiger charge is 2.39. The van der Waals surface area contributed by atoms with Gasteiger partial charge in [0.15, 0.2) is 5.69 Å². The molecular weight excluding hydrogens is 515 g/mol. The average molecular weight is 526 g/mol. The molecule has 0 saturated carbocycles. The Labute approximate surface area is 209 Å². The minimum absolute atomic E-state index is 0.00696. The highest BCUT2D eigenvalue weighted by Crippen LogP contribution is 2.35. The Bertz CT molecular complexity index is 1720. The second-order valence-electron chi connectivity index (χ2n) is 7.43. The lowest BCUT2D eigenvalue weighted by Crippen LogP contribution is -2.22. The molecule has 10 nitrogen and oxygen atoms in total. The van der Waals surface area contributed by atoms with E-state index in [4.69, 9.17) is 26.9 Å². The van der Waals surface area contributed by atoms with Gasteiger partial charge in [-0.25, -0.2) is 10.1 Å². The molecule has 1 aromatic carbocycles. The van der Waals surface area contributed by atoms with Crippen LogP contribution in [0.3, 0.4) is 0 Å². The van der Waals surface area contributed by atoms with Gasteiger partial charge in [-0.2, -0.15) is 28.8 Å². The third-order valence-corrected chi connectivity index (χ3v) is 5.02. The molecule has 0 aliphatic rings. The van der Waals surface area contributed by atoms with Gasteiger partial charge in [-0.1, -0.05) is 11.6 Å². The molecule has 0 unspecified atom stereocenters. The molecule has 0 amide bonds. The Morgan fingerprint density at radius 2 is 1.76 bits per heavy atom. The van der Waals surface area contributed by atoms with Gasteiger partial charge in [0.05, 0.1) is 28.5 Å². The van der Waals surface area contributed by atoms with Crippen LogP contribution in [0.2, 0.25) is 5.02 Å². The number of nitrogens with one attached hydrogen (secondary N) is 2. The highest BCUT2D eigenvalue weighted by molar-refractivity contribution is 6.30. The number of pyridine rings is 1. The number of aromatic amines is 2. The summed E-state index contributed by atoms with van der Waals surface area (Å²) in [5.74, 6) is -1.82. The number of ether oxygens (including phenoxy) is 1. The fourth-order valence-corrected chi connectivity index (χ4v) is 3.48. The zero-order chi connectivity index (χ0) is 26.7. The predicted molar refractivity (Wildman–Crippen MR) is 122 cm³/mol. The van der Waals surface area contributed by atoms with Crippen LogP contribution in [-0.2, 0) is 12.6 Å². The molecule has 4 aromatic rings. The van der Waals surface area contributed by atoms with Crippen LogP contribution in [0.25, 0.3) is 11.1 Å². The zero-order valence-electron chi connectivity index (χ0n) is 18.2. The van der Waals surface area contributed by atoms with Gasteiger partial charge in [0, 0.05) is 29.4 Å². The fourth-order valence-electron chi connectivity index (χ4n) is 3.26. The van der Waals surface area contributed by atoms with E-state index in [1.165, 1.54) is 30.6 Å². The van der Waals surface area contributed by atoms with Crippen molar-refractivity contribution in [3.8, 4) is 34.8 Å². The van der Waals surface area contributed by atoms with E-state index < -0.39 is 41.0 Å². The first-order valence-electron chi connectivity index (χ1n) is 10.1. The summed E-state index contributed by atoms with van der Waals surface area (Å²) < 4.78 is 46.6. The Morgan fingerprint density at radius 1 is 1.00 bits per heavy atom. The van der Waals surface area contributed by atoms with Gasteiger partial charge < -0.3 is 9.72 Å². The average Bonchev–Trinajstić information content (AvgIpc) is 2.85. The van der Waals surface area contributed by atoms with Crippen LogP contribution < -0.4 is 15.9 Å². The van der Waals surface area contributed by atoms with E-state index in [1.54, 1.807) is 6.07 Å². The van der Waals surface area contributed by atoms with Crippen molar-refractivity contribution >= 4 is 11.6 Å². The number of H-pyrrole nitrogens is 2. The largest absolute Gasteiger partial charge is 0.449 e. The van der Waals surface area contributed by atoms with Gasteiger partial charge >= 0.3 is 6.18 Å². The van der Waals surface area contributed by atoms with E-state index >= 15 is 0 Å². The molecule has 3 aromatic heterocycles. The van der Waals surface area contributed by atoms with Crippen LogP contribution in [0.5, 0.6) is 11.5 Å². The molecular formula is C23H11ClF3N7O3. The maximum Gasteiger partial charge on any atom is 0.437 e. The van der Waals surface area contributed by atoms with Crippen molar-refractivity contribution < 1.29 is 17.9 Å². The fraction of sp³-hybridized carbons (Fsp3) is 0.0870. The first-order valence-corrected chi connectivity index (χ1v) is 10.5. The summed E-state index contributed by atoms with van der Waals surface area (Å²) in [4.78, 5) is 34.5. The first-order chi connectivity index (χ1) is 17.6. The van der Waals surface area contributed by atoms with Crippen LogP contribution in [0.1, 0.15) is 28.3 Å². The van der Waals surface area contributed by atoms with Gasteiger partial charge in [-0.15, -0.1) is 0 Å². The molecule has 0 radical (unpaired) electrons. The number of hydrogen-bond donors (Lipinski definition) is 2. The SMILES string of the molecule is N#Cc1cc(Cl)cc(Oc2c(C(F)(F)F)nc(Cc3cc(-c4cncc(C#N)c4)c(=O)[nH]n3)[nH]c2=O)c1. The predicted octanol–water partition coefficient (Wildman–Crippen LogP) is 3.71. The van der Waals surface area contributed by atoms with Gasteiger partial charge in [0.1, 0.15) is 17.6 Å². The number of alkyl halides is 3. The van der Waals surface area contributed by atoms with Gasteiger partial charge in [-0.3, -0.25) is 14.6 Å². The normalized spacial score (nSPS) is 11.0. The number of hydrogen-bond acceptors (Lipinski definition) is 8. The molecule has 0 aliphatic heterocycles. The number of nitriles is 2. The van der Waals surface area contributed by atoms with Crippen LogP contribution in [0.4, 0.5) is 13.2 Å². The lowest BCUT2D eigenvalue weighted by atomic mass is 10.1. The van der Waals surface area contributed by atoms with Crippen LogP contribution in [0, 0.1) is 22.7 Å². The number of benzene rings is 1. The van der Waals surface area contributed by atoms with Crippen molar-refractivity contribution in [1.82, 2.24) is 25.1 Å². The standard InChI is InChI=1S/C23H11ClF3N7O3/c24-14-2-11(7-28)3-16(4-14)37-19-20(23(25,26)27)31-18(32-22(19)36)6-15-5-17(21(35)34-33-15)13-1-12(8-29)9-30-10-13/h1-5,9-10H,6H2,(H,34,35)(H,31,32,36). The lowest BCUT2D eigenvalue weighted by molar-refractivity contribution is -0.142. The minimum atomic E-state index is -5.08. The second-order valence-corrected chi connectivity index (χ2v) is 7.87. The highest BCUT2D eigenvalue weighted by atomic mass is 35.5. The molecule has 0 fully saturated rings. The molecule has 0 saturated heterocycles. The van der Waals surface area contributed by atoms with E-state index in [9.17, 15) is 22.8 Å². The van der Waals surface area contributed by atoms with Gasteiger partial charge in [-0.05, 0) is 30.3 Å². The molecule has 0 aliphatic carbocycles. The van der Waals surface area contributed by atoms with E-state index in [-0.39, 0.29) is 38.7 Å². The maximum atomic E-state index is 13.8. The molecule has 2 N–H and O–H groups in total. The quantitative estimate of drug-likeness (QED) is 0.398. The van der Waals surface area contributed by atoms with E-state index in [2.05, 4.69) is 25.1 Å². The Balaban J connectivity index is 1.73. The summed E-state index contributed by atoms with van der Waals surface area (Å²) in [6, 6.07) is 9.87. The summed E-state index contributed by atoms with van der Waals surface area (Å²) in [5.41, 5.74) is -2.88. The van der Waals surface area contributed by atoms with Crippen molar-refractivity contribution in [3.05, 3.63) is 96.8 Å². The Morgan fingerprint density at radius 3 is 2.46 bits per heavy atom. The molecule has 0 atom stereocenters. The van der Waals surface area contributed by atoms with Crippen molar-refractivity contribution in [2.75, 3.05) is 0 Å². The van der Waals surface area contributed by atoms with Crippen molar-refractivity contribution in [1.29, 1.82) is 10.5 Å². The molecule has 184 valence electrons. The van der Waals surface area contributed by atoms with Crippen molar-refractivity contribution in [2.45, 2.75) is 12.6 Å². The van der Waals surface area contributed by atoms with Gasteiger partial charge in [0.2, 0.25) is 5.75 Å². The van der Waals surface area contributed by atoms with Crippen LogP contribution >= 0.6 is 11.6 Å². The van der Waals surface area contributed by atoms with Crippen LogP contribution in [0.15, 0.2) is 52.3 Å². The van der Waals surface area contributed by atoms with Gasteiger partial charge in [0.25, 0.3) is 11.1 Å². The third kappa shape index (κ3) is 5.63. The first kappa shape index (κ1) is 25.1. The Kier molecular flexibility index (Phi) is 6.73. The lowest BCUT2D eigenvalue weighted by Gasteiger charge is -2.14. The molecule has 3 heterocycles. The molecule has 14 heteroatoms. The number of rotatable bonds is 5. The van der Waals surface area contributed by atoms with E-state index in [1.807, 2.05) is 6.07 Å². The van der Waals surface area contributed by atoms with Crippen molar-refractivity contribution in [2.24, 2.45) is 0 Å². The topological polar surface area (TPSA) is 161 Å². The Hall–Kier alpha value is -5.01. The molecule has 0 spiro atoms. The zero-order valence-corrected chi connectivity index (χ0v) is 19.0. The summed E-state index contributed by atoms with van der Waals surface area (Å²) in [6.07, 6.45) is -2.86. The summed E-state index contributed by atoms with van der Waals surface area (Å²) >= 11 is 5.86. The number of halogens is 4. The summed E-state index contributed by atoms with van der Waals surface area (Å²) in [7, 11) is 0. The smallest absolute Gasteiger partial charge is 0.437 e. The van der Waals surface area contributed by atoms with Crippen LogP contribution in [-0.4, -0.2) is 25.1 Å². The molecule has 4 rings (SSSR count). The molecule has 37 heavy (non-hydrogen) atoms. The summed E-state index contributed by atoms with van der Waals surface area (Å²) in [6.45, 7) is 0. The monoisotopic (exact) mass is 525 g/mol. The van der Waals surface area contributed by atoms with E-state index in [0.29, 0.717) is 0 Å². The minimum Gasteiger partial charge on any atom is -0.449 e. The van der Waals surface area contributed by atoms with E-state index in [0.717, 1.165) is 12.1 Å². The second kappa shape index (κ2) is 9.93. The maximum absolute atomic E-state index is 13.8.